The maximum atomic E-state index is 11.3. The summed E-state index contributed by atoms with van der Waals surface area (Å²) in [5.74, 6) is 0.940. The first-order chi connectivity index (χ1) is 6.33. The third-order valence-electron chi connectivity index (χ3n) is 2.71. The predicted molar refractivity (Wildman–Crippen MR) is 52.7 cm³/mol. The van der Waals surface area contributed by atoms with Crippen LogP contribution >= 0.6 is 0 Å². The number of carbonyl (C=O) groups excluding carboxylic acids is 1. The minimum absolute atomic E-state index is 0.286. The Kier molecular flexibility index (Phi) is 5.06. The summed E-state index contributed by atoms with van der Waals surface area (Å²) in [4.78, 5) is 11.3. The van der Waals surface area contributed by atoms with Crippen LogP contribution in [0.1, 0.15) is 45.4 Å². The van der Waals surface area contributed by atoms with Crippen molar-refractivity contribution in [2.24, 2.45) is 5.92 Å². The molecule has 0 unspecified atom stereocenters. The van der Waals surface area contributed by atoms with Crippen LogP contribution in [0.2, 0.25) is 0 Å². The fourth-order valence-corrected chi connectivity index (χ4v) is 1.99. The molecule has 0 aliphatic heterocycles. The van der Waals surface area contributed by atoms with Crippen LogP contribution in [0.3, 0.4) is 0 Å². The summed E-state index contributed by atoms with van der Waals surface area (Å²) >= 11 is 0. The van der Waals surface area contributed by atoms with E-state index in [1.54, 1.807) is 0 Å². The molecule has 13 heavy (non-hydrogen) atoms. The zero-order chi connectivity index (χ0) is 9.52. The Morgan fingerprint density at radius 2 is 2.00 bits per heavy atom. The molecule has 76 valence electrons. The number of carbonyl (C=O) groups is 1. The van der Waals surface area contributed by atoms with E-state index in [0.717, 1.165) is 6.42 Å². The highest BCUT2D eigenvalue weighted by Crippen LogP contribution is 2.26. The lowest BCUT2D eigenvalue weighted by atomic mass is 9.86. The van der Waals surface area contributed by atoms with Gasteiger partial charge in [0.25, 0.3) is 0 Å². The average molecular weight is 184 g/mol. The van der Waals surface area contributed by atoms with E-state index in [4.69, 9.17) is 4.74 Å². The van der Waals surface area contributed by atoms with Gasteiger partial charge >= 0.3 is 0 Å². The molecule has 1 rings (SSSR count). The maximum Gasteiger partial charge on any atom is 0.158 e. The van der Waals surface area contributed by atoms with E-state index in [9.17, 15) is 4.79 Å². The number of Topliss-reactive ketones (excluding diaryl/α,β-unsaturated/α-hetero) is 1. The molecule has 1 saturated carbocycles. The zero-order valence-electron chi connectivity index (χ0n) is 8.55. The Hall–Kier alpha value is -0.370. The lowest BCUT2D eigenvalue weighted by Crippen LogP contribution is -2.16. The molecule has 0 aromatic heterocycles. The van der Waals surface area contributed by atoms with E-state index in [-0.39, 0.29) is 5.78 Å². The van der Waals surface area contributed by atoms with Crippen molar-refractivity contribution in [3.63, 3.8) is 0 Å². The van der Waals surface area contributed by atoms with Gasteiger partial charge in [0.05, 0.1) is 0 Å². The second-order valence-corrected chi connectivity index (χ2v) is 3.88. The molecule has 0 heterocycles. The summed E-state index contributed by atoms with van der Waals surface area (Å²) in [5.41, 5.74) is 0. The van der Waals surface area contributed by atoms with Crippen LogP contribution in [-0.4, -0.2) is 19.0 Å². The molecular weight excluding hydrogens is 164 g/mol. The van der Waals surface area contributed by atoms with Crippen molar-refractivity contribution in [1.82, 2.24) is 0 Å². The van der Waals surface area contributed by atoms with Gasteiger partial charge in [-0.15, -0.1) is 0 Å². The van der Waals surface area contributed by atoms with Crippen molar-refractivity contribution in [2.45, 2.75) is 45.4 Å². The number of ketones is 1. The molecule has 0 bridgehead atoms. The molecule has 0 aromatic rings. The highest BCUT2D eigenvalue weighted by molar-refractivity contribution is 5.79. The van der Waals surface area contributed by atoms with Crippen molar-refractivity contribution < 1.29 is 9.53 Å². The molecule has 2 heteroatoms. The molecule has 1 aliphatic carbocycles. The maximum absolute atomic E-state index is 11.3. The zero-order valence-corrected chi connectivity index (χ0v) is 8.55. The molecule has 2 nitrogen and oxygen atoms in total. The summed E-state index contributed by atoms with van der Waals surface area (Å²) in [6.07, 6.45) is 7.23. The topological polar surface area (TPSA) is 26.3 Å². The van der Waals surface area contributed by atoms with E-state index < -0.39 is 0 Å². The Labute approximate surface area is 80.7 Å². The molecular formula is C11H20O2. The molecule has 0 N–H and O–H groups in total. The molecule has 0 spiro atoms. The molecule has 0 radical (unpaired) electrons. The first-order valence-corrected chi connectivity index (χ1v) is 5.42. The fraction of sp³-hybridized carbons (Fsp3) is 0.909. The highest BCUT2D eigenvalue weighted by Gasteiger charge is 2.16. The second-order valence-electron chi connectivity index (χ2n) is 3.88. The minimum Gasteiger partial charge on any atom is -0.374 e. The Morgan fingerprint density at radius 3 is 2.62 bits per heavy atom. The first-order valence-electron chi connectivity index (χ1n) is 5.42. The standard InChI is InChI=1S/C11H20O2/c1-2-13-9-11(12)8-10-6-4-3-5-7-10/h10H,2-9H2,1H3. The Morgan fingerprint density at radius 1 is 1.31 bits per heavy atom. The molecule has 1 aliphatic rings. The third kappa shape index (κ3) is 4.41. The summed E-state index contributed by atoms with van der Waals surface area (Å²) in [7, 11) is 0. The molecule has 0 atom stereocenters. The van der Waals surface area contributed by atoms with Crippen molar-refractivity contribution in [3.05, 3.63) is 0 Å². The lowest BCUT2D eigenvalue weighted by Gasteiger charge is -2.20. The monoisotopic (exact) mass is 184 g/mol. The number of rotatable bonds is 5. The van der Waals surface area contributed by atoms with Crippen LogP contribution in [0.25, 0.3) is 0 Å². The fourth-order valence-electron chi connectivity index (χ4n) is 1.99. The smallest absolute Gasteiger partial charge is 0.158 e. The normalized spacial score (nSPS) is 18.8. The van der Waals surface area contributed by atoms with E-state index in [0.29, 0.717) is 19.1 Å². The first kappa shape index (κ1) is 10.7. The average Bonchev–Trinajstić information content (AvgIpc) is 2.16. The van der Waals surface area contributed by atoms with E-state index in [1.165, 1.54) is 32.1 Å². The molecule has 0 aromatic carbocycles. The molecule has 0 saturated heterocycles. The van der Waals surface area contributed by atoms with Gasteiger partial charge in [-0.1, -0.05) is 32.1 Å². The van der Waals surface area contributed by atoms with Crippen LogP contribution in [0.5, 0.6) is 0 Å². The van der Waals surface area contributed by atoms with Gasteiger partial charge in [0.1, 0.15) is 6.61 Å². The van der Waals surface area contributed by atoms with Crippen molar-refractivity contribution in [2.75, 3.05) is 13.2 Å². The summed E-state index contributed by atoms with van der Waals surface area (Å²) in [6.45, 7) is 2.90. The van der Waals surface area contributed by atoms with Crippen molar-refractivity contribution in [1.29, 1.82) is 0 Å². The minimum atomic E-state index is 0.286. The van der Waals surface area contributed by atoms with Crippen LogP contribution in [0, 0.1) is 5.92 Å². The largest absolute Gasteiger partial charge is 0.374 e. The number of ether oxygens (including phenoxy) is 1. The van der Waals surface area contributed by atoms with E-state index in [1.807, 2.05) is 6.92 Å². The van der Waals surface area contributed by atoms with Gasteiger partial charge in [0.2, 0.25) is 0 Å². The SMILES string of the molecule is CCOCC(=O)CC1CCCCC1. The van der Waals surface area contributed by atoms with E-state index in [2.05, 4.69) is 0 Å². The summed E-state index contributed by atoms with van der Waals surface area (Å²) < 4.78 is 5.09. The van der Waals surface area contributed by atoms with Crippen molar-refractivity contribution >= 4 is 5.78 Å². The lowest BCUT2D eigenvalue weighted by molar-refractivity contribution is -0.124. The van der Waals surface area contributed by atoms with Crippen LogP contribution < -0.4 is 0 Å². The molecule has 0 amide bonds. The highest BCUT2D eigenvalue weighted by atomic mass is 16.5. The summed E-state index contributed by atoms with van der Waals surface area (Å²) in [6, 6.07) is 0. The predicted octanol–water partition coefficient (Wildman–Crippen LogP) is 2.56. The van der Waals surface area contributed by atoms with Gasteiger partial charge in [0, 0.05) is 13.0 Å². The quantitative estimate of drug-likeness (QED) is 0.656. The third-order valence-corrected chi connectivity index (χ3v) is 2.71. The van der Waals surface area contributed by atoms with Gasteiger partial charge < -0.3 is 4.74 Å². The van der Waals surface area contributed by atoms with Gasteiger partial charge in [0.15, 0.2) is 5.78 Å². The Bertz CT molecular complexity index is 148. The second kappa shape index (κ2) is 6.14. The summed E-state index contributed by atoms with van der Waals surface area (Å²) in [5, 5.41) is 0. The number of hydrogen-bond acceptors (Lipinski definition) is 2. The van der Waals surface area contributed by atoms with Gasteiger partial charge in [-0.25, -0.2) is 0 Å². The van der Waals surface area contributed by atoms with Crippen molar-refractivity contribution in [3.8, 4) is 0 Å². The van der Waals surface area contributed by atoms with Crippen LogP contribution in [-0.2, 0) is 9.53 Å². The van der Waals surface area contributed by atoms with Gasteiger partial charge in [-0.2, -0.15) is 0 Å². The van der Waals surface area contributed by atoms with Gasteiger partial charge in [-0.3, -0.25) is 4.79 Å². The van der Waals surface area contributed by atoms with Gasteiger partial charge in [-0.05, 0) is 12.8 Å². The van der Waals surface area contributed by atoms with E-state index >= 15 is 0 Å². The Balaban J connectivity index is 2.11. The number of hydrogen-bond donors (Lipinski definition) is 0. The van der Waals surface area contributed by atoms with Crippen LogP contribution in [0.4, 0.5) is 0 Å². The molecule has 1 fully saturated rings. The van der Waals surface area contributed by atoms with Crippen LogP contribution in [0.15, 0.2) is 0 Å².